The van der Waals surface area contributed by atoms with Gasteiger partial charge in [-0.05, 0) is 49.6 Å². The molecule has 1 heterocycles. The lowest BCUT2D eigenvalue weighted by molar-refractivity contribution is -0.133. The Hall–Kier alpha value is -3.71. The van der Waals surface area contributed by atoms with Gasteiger partial charge < -0.3 is 15.5 Å². The van der Waals surface area contributed by atoms with Crippen LogP contribution in [-0.2, 0) is 21.5 Å². The van der Waals surface area contributed by atoms with Gasteiger partial charge in [0.1, 0.15) is 11.4 Å². The van der Waals surface area contributed by atoms with Crippen LogP contribution >= 0.6 is 0 Å². The van der Waals surface area contributed by atoms with Gasteiger partial charge in [0.2, 0.25) is 11.8 Å². The summed E-state index contributed by atoms with van der Waals surface area (Å²) in [5.74, 6) is -0.549. The Bertz CT molecular complexity index is 1200. The molecule has 0 radical (unpaired) electrons. The van der Waals surface area contributed by atoms with Crippen molar-refractivity contribution in [3.05, 3.63) is 95.8 Å². The molecule has 3 aromatic rings. The summed E-state index contributed by atoms with van der Waals surface area (Å²) in [7, 11) is 0. The minimum absolute atomic E-state index is 0.0341. The smallest absolute Gasteiger partial charge is 0.244 e. The highest BCUT2D eigenvalue weighted by molar-refractivity contribution is 5.91. The summed E-state index contributed by atoms with van der Waals surface area (Å²) in [6.07, 6.45) is 0.969. The second-order valence-corrected chi connectivity index (χ2v) is 9.47. The number of rotatable bonds is 9. The third-order valence-corrected chi connectivity index (χ3v) is 7.08. The average molecular weight is 503 g/mol. The Balaban J connectivity index is 1.38. The largest absolute Gasteiger partial charge is 0.367 e. The van der Waals surface area contributed by atoms with Crippen molar-refractivity contribution < 1.29 is 14.0 Å². The highest BCUT2D eigenvalue weighted by atomic mass is 19.1. The number of likely N-dealkylation sites (N-methyl/N-ethyl adjacent to an activating group) is 1. The van der Waals surface area contributed by atoms with E-state index >= 15 is 4.39 Å². The van der Waals surface area contributed by atoms with Gasteiger partial charge in [-0.15, -0.1) is 0 Å². The van der Waals surface area contributed by atoms with Crippen molar-refractivity contribution in [3.8, 4) is 0 Å². The molecule has 0 spiro atoms. The lowest BCUT2D eigenvalue weighted by Gasteiger charge is -2.45. The van der Waals surface area contributed by atoms with E-state index in [2.05, 4.69) is 15.5 Å². The van der Waals surface area contributed by atoms with Crippen molar-refractivity contribution in [3.63, 3.8) is 0 Å². The standard InChI is InChI=1S/C30H35FN4O2/c1-3-32-29(37)30(2,24-12-8-5-9-13-24)35-20-18-34(19-21-35)27-16-15-25(22-26(27)31)33-28(36)17-14-23-10-6-4-7-11-23/h4-13,15-16,22H,3,14,17-21H2,1-2H3,(H,32,37)(H,33,36). The number of hydrogen-bond donors (Lipinski definition) is 2. The van der Waals surface area contributed by atoms with Gasteiger partial charge in [-0.2, -0.15) is 0 Å². The number of benzene rings is 3. The van der Waals surface area contributed by atoms with Crippen LogP contribution < -0.4 is 15.5 Å². The normalized spacial score (nSPS) is 15.6. The van der Waals surface area contributed by atoms with E-state index in [1.165, 1.54) is 6.07 Å². The summed E-state index contributed by atoms with van der Waals surface area (Å²) in [5, 5.41) is 5.79. The third kappa shape index (κ3) is 6.17. The molecule has 194 valence electrons. The van der Waals surface area contributed by atoms with Gasteiger partial charge in [0.05, 0.1) is 5.69 Å². The van der Waals surface area contributed by atoms with E-state index in [0.29, 0.717) is 56.9 Å². The number of anilines is 2. The zero-order chi connectivity index (χ0) is 26.3. The molecule has 1 aliphatic heterocycles. The summed E-state index contributed by atoms with van der Waals surface area (Å²) in [5.41, 5.74) is 2.17. The Morgan fingerprint density at radius 1 is 0.919 bits per heavy atom. The molecular weight excluding hydrogens is 467 g/mol. The van der Waals surface area contributed by atoms with Gasteiger partial charge in [-0.25, -0.2) is 4.39 Å². The van der Waals surface area contributed by atoms with E-state index in [4.69, 9.17) is 0 Å². The summed E-state index contributed by atoms with van der Waals surface area (Å²) < 4.78 is 15.1. The molecule has 1 saturated heterocycles. The molecule has 1 fully saturated rings. The van der Waals surface area contributed by atoms with E-state index in [0.717, 1.165) is 11.1 Å². The molecule has 2 N–H and O–H groups in total. The van der Waals surface area contributed by atoms with Crippen LogP contribution in [0.2, 0.25) is 0 Å². The number of carbonyl (C=O) groups excluding carboxylic acids is 2. The summed E-state index contributed by atoms with van der Waals surface area (Å²) >= 11 is 0. The Morgan fingerprint density at radius 2 is 1.57 bits per heavy atom. The summed E-state index contributed by atoms with van der Waals surface area (Å²) in [6, 6.07) is 24.4. The lowest BCUT2D eigenvalue weighted by atomic mass is 9.88. The number of aryl methyl sites for hydroxylation is 1. The van der Waals surface area contributed by atoms with Crippen LogP contribution in [0.15, 0.2) is 78.9 Å². The molecule has 1 unspecified atom stereocenters. The van der Waals surface area contributed by atoms with Crippen molar-refractivity contribution in [2.75, 3.05) is 42.9 Å². The van der Waals surface area contributed by atoms with E-state index in [9.17, 15) is 9.59 Å². The predicted molar refractivity (Wildman–Crippen MR) is 146 cm³/mol. The van der Waals surface area contributed by atoms with Crippen LogP contribution in [0, 0.1) is 5.82 Å². The number of carbonyl (C=O) groups is 2. The van der Waals surface area contributed by atoms with Gasteiger partial charge in [0, 0.05) is 44.8 Å². The van der Waals surface area contributed by atoms with Crippen LogP contribution in [0.5, 0.6) is 0 Å². The lowest BCUT2D eigenvalue weighted by Crippen LogP contribution is -2.60. The Kier molecular flexibility index (Phi) is 8.56. The Morgan fingerprint density at radius 3 is 2.19 bits per heavy atom. The third-order valence-electron chi connectivity index (χ3n) is 7.08. The second-order valence-electron chi connectivity index (χ2n) is 9.47. The second kappa shape index (κ2) is 12.0. The predicted octanol–water partition coefficient (Wildman–Crippen LogP) is 4.57. The van der Waals surface area contributed by atoms with Crippen LogP contribution in [0.25, 0.3) is 0 Å². The number of halogens is 1. The van der Waals surface area contributed by atoms with Crippen molar-refractivity contribution >= 4 is 23.2 Å². The molecule has 1 aliphatic rings. The molecule has 0 bridgehead atoms. The molecule has 0 aliphatic carbocycles. The maximum Gasteiger partial charge on any atom is 0.244 e. The molecule has 1 atom stereocenters. The molecule has 0 saturated carbocycles. The first-order chi connectivity index (χ1) is 17.9. The van der Waals surface area contributed by atoms with E-state index in [1.807, 2.05) is 79.4 Å². The maximum atomic E-state index is 15.1. The molecule has 6 nitrogen and oxygen atoms in total. The van der Waals surface area contributed by atoms with E-state index in [-0.39, 0.29) is 17.6 Å². The van der Waals surface area contributed by atoms with Crippen molar-refractivity contribution in [2.24, 2.45) is 0 Å². The number of hydrogen-bond acceptors (Lipinski definition) is 4. The minimum Gasteiger partial charge on any atom is -0.367 e. The molecule has 7 heteroatoms. The topological polar surface area (TPSA) is 64.7 Å². The molecular formula is C30H35FN4O2. The van der Waals surface area contributed by atoms with Crippen LogP contribution in [0.3, 0.4) is 0 Å². The zero-order valence-corrected chi connectivity index (χ0v) is 21.5. The van der Waals surface area contributed by atoms with Crippen LogP contribution in [-0.4, -0.2) is 49.4 Å². The van der Waals surface area contributed by atoms with Crippen LogP contribution in [0.1, 0.15) is 31.4 Å². The fraction of sp³-hybridized carbons (Fsp3) is 0.333. The number of amides is 2. The molecule has 3 aromatic carbocycles. The fourth-order valence-corrected chi connectivity index (χ4v) is 4.91. The number of piperazine rings is 1. The van der Waals surface area contributed by atoms with Gasteiger partial charge in [0.15, 0.2) is 0 Å². The fourth-order valence-electron chi connectivity index (χ4n) is 4.91. The van der Waals surface area contributed by atoms with Gasteiger partial charge in [0.25, 0.3) is 0 Å². The quantitative estimate of drug-likeness (QED) is 0.450. The first-order valence-corrected chi connectivity index (χ1v) is 12.9. The van der Waals surface area contributed by atoms with E-state index in [1.54, 1.807) is 12.1 Å². The number of nitrogens with one attached hydrogen (secondary N) is 2. The minimum atomic E-state index is -0.810. The first kappa shape index (κ1) is 26.4. The zero-order valence-electron chi connectivity index (χ0n) is 21.5. The van der Waals surface area contributed by atoms with Gasteiger partial charge in [-0.1, -0.05) is 60.7 Å². The maximum absolute atomic E-state index is 15.1. The Labute approximate surface area is 218 Å². The van der Waals surface area contributed by atoms with Gasteiger partial charge in [-0.3, -0.25) is 14.5 Å². The SMILES string of the molecule is CCNC(=O)C(C)(c1ccccc1)N1CCN(c2ccc(NC(=O)CCc3ccccc3)cc2F)CC1. The van der Waals surface area contributed by atoms with Crippen molar-refractivity contribution in [2.45, 2.75) is 32.2 Å². The summed E-state index contributed by atoms with van der Waals surface area (Å²) in [4.78, 5) is 29.7. The van der Waals surface area contributed by atoms with Gasteiger partial charge >= 0.3 is 0 Å². The van der Waals surface area contributed by atoms with E-state index < -0.39 is 5.54 Å². The van der Waals surface area contributed by atoms with Crippen molar-refractivity contribution in [1.29, 1.82) is 0 Å². The highest BCUT2D eigenvalue weighted by Crippen LogP contribution is 2.32. The monoisotopic (exact) mass is 502 g/mol. The molecule has 4 rings (SSSR count). The molecule has 2 amide bonds. The van der Waals surface area contributed by atoms with Crippen LogP contribution in [0.4, 0.5) is 15.8 Å². The molecule has 37 heavy (non-hydrogen) atoms. The number of nitrogens with zero attached hydrogens (tertiary/aromatic N) is 2. The van der Waals surface area contributed by atoms with Crippen molar-refractivity contribution in [1.82, 2.24) is 10.2 Å². The highest BCUT2D eigenvalue weighted by Gasteiger charge is 2.42. The summed E-state index contributed by atoms with van der Waals surface area (Å²) in [6.45, 7) is 6.82. The first-order valence-electron chi connectivity index (χ1n) is 12.9. The molecule has 0 aromatic heterocycles. The average Bonchev–Trinajstić information content (AvgIpc) is 2.93.